The van der Waals surface area contributed by atoms with Crippen molar-refractivity contribution in [3.05, 3.63) is 28.8 Å². The van der Waals surface area contributed by atoms with E-state index in [1.165, 1.54) is 0 Å². The van der Waals surface area contributed by atoms with Gasteiger partial charge in [0.1, 0.15) is 0 Å². The van der Waals surface area contributed by atoms with Crippen LogP contribution in [-0.4, -0.2) is 37.6 Å². The lowest BCUT2D eigenvalue weighted by molar-refractivity contribution is -0.176. The standard InChI is InChI=1S/C29H41F5O5S2/c1-2-27(30,29(33,34)41(37,38)39)28(31,32)40(35,36)26-24(21-14-8-4-9-15-21)18-23(20-12-6-3-7-13-20)19-25(26)22-16-10-5-11-17-22/h18-22H,2-17H2,1H3,(H,37,38,39). The van der Waals surface area contributed by atoms with Crippen molar-refractivity contribution in [1.82, 2.24) is 0 Å². The molecule has 0 bridgehead atoms. The molecule has 1 N–H and O–H groups in total. The normalized spacial score (nSPS) is 22.9. The highest BCUT2D eigenvalue weighted by Gasteiger charge is 2.79. The van der Waals surface area contributed by atoms with Crippen molar-refractivity contribution in [2.75, 3.05) is 0 Å². The van der Waals surface area contributed by atoms with Gasteiger partial charge in [-0.25, -0.2) is 12.8 Å². The molecule has 3 aliphatic carbocycles. The highest BCUT2D eigenvalue weighted by Crippen LogP contribution is 2.55. The van der Waals surface area contributed by atoms with Crippen molar-refractivity contribution in [1.29, 1.82) is 0 Å². The van der Waals surface area contributed by atoms with E-state index >= 15 is 13.2 Å². The smallest absolute Gasteiger partial charge is 0.281 e. The van der Waals surface area contributed by atoms with Crippen molar-refractivity contribution in [3.8, 4) is 0 Å². The Morgan fingerprint density at radius 1 is 0.659 bits per heavy atom. The van der Waals surface area contributed by atoms with Crippen LogP contribution in [0.1, 0.15) is 144 Å². The Morgan fingerprint density at radius 2 is 1.02 bits per heavy atom. The van der Waals surface area contributed by atoms with Gasteiger partial charge in [-0.15, -0.1) is 0 Å². The molecule has 41 heavy (non-hydrogen) atoms. The Morgan fingerprint density at radius 3 is 1.37 bits per heavy atom. The number of hydrogen-bond acceptors (Lipinski definition) is 4. The van der Waals surface area contributed by atoms with Crippen LogP contribution >= 0.6 is 0 Å². The largest absolute Gasteiger partial charge is 0.409 e. The molecule has 3 saturated carbocycles. The second kappa shape index (κ2) is 12.0. The first-order valence-electron chi connectivity index (χ1n) is 14.9. The summed E-state index contributed by atoms with van der Waals surface area (Å²) in [4.78, 5) is -0.817. The average Bonchev–Trinajstić information content (AvgIpc) is 2.96. The van der Waals surface area contributed by atoms with E-state index in [0.717, 1.165) is 76.2 Å². The second-order valence-electron chi connectivity index (χ2n) is 12.2. The molecule has 0 aliphatic heterocycles. The fraction of sp³-hybridized carbons (Fsp3) is 0.793. The quantitative estimate of drug-likeness (QED) is 0.218. The molecule has 3 fully saturated rings. The second-order valence-corrected chi connectivity index (χ2v) is 15.6. The summed E-state index contributed by atoms with van der Waals surface area (Å²) < 4.78 is 138. The van der Waals surface area contributed by atoms with Crippen molar-refractivity contribution in [2.24, 2.45) is 0 Å². The van der Waals surface area contributed by atoms with Gasteiger partial charge >= 0.3 is 20.6 Å². The molecule has 0 aromatic heterocycles. The molecule has 1 aromatic carbocycles. The Hall–Kier alpha value is -1.27. The predicted octanol–water partition coefficient (Wildman–Crippen LogP) is 8.80. The maximum atomic E-state index is 16.1. The van der Waals surface area contributed by atoms with Crippen LogP contribution in [0.4, 0.5) is 22.0 Å². The lowest BCUT2D eigenvalue weighted by Crippen LogP contribution is -2.63. The molecule has 1 atom stereocenters. The summed E-state index contributed by atoms with van der Waals surface area (Å²) in [5.74, 6) is -0.772. The third-order valence-corrected chi connectivity index (χ3v) is 12.7. The maximum absolute atomic E-state index is 16.1. The lowest BCUT2D eigenvalue weighted by Gasteiger charge is -2.38. The van der Waals surface area contributed by atoms with Crippen molar-refractivity contribution >= 4 is 20.0 Å². The van der Waals surface area contributed by atoms with Gasteiger partial charge in [-0.2, -0.15) is 26.0 Å². The number of sulfone groups is 1. The van der Waals surface area contributed by atoms with E-state index in [1.54, 1.807) is 12.1 Å². The van der Waals surface area contributed by atoms with Gasteiger partial charge in [0, 0.05) is 0 Å². The average molecular weight is 629 g/mol. The van der Waals surface area contributed by atoms with E-state index in [1.807, 2.05) is 0 Å². The van der Waals surface area contributed by atoms with Crippen LogP contribution in [0.25, 0.3) is 0 Å². The van der Waals surface area contributed by atoms with Gasteiger partial charge < -0.3 is 0 Å². The van der Waals surface area contributed by atoms with Gasteiger partial charge in [0.05, 0.1) is 4.90 Å². The molecular formula is C29H41F5O5S2. The number of rotatable bonds is 9. The van der Waals surface area contributed by atoms with Gasteiger partial charge in [-0.05, 0) is 79.4 Å². The molecule has 0 spiro atoms. The van der Waals surface area contributed by atoms with Gasteiger partial charge in [-0.3, -0.25) is 4.55 Å². The Bertz CT molecular complexity index is 1260. The minimum atomic E-state index is -6.73. The Kier molecular flexibility index (Phi) is 9.57. The number of alkyl halides is 5. The summed E-state index contributed by atoms with van der Waals surface area (Å²) in [6.07, 6.45) is 9.64. The summed E-state index contributed by atoms with van der Waals surface area (Å²) >= 11 is 0. The summed E-state index contributed by atoms with van der Waals surface area (Å²) in [6.45, 7) is 0.513. The van der Waals surface area contributed by atoms with Crippen molar-refractivity contribution in [2.45, 2.75) is 148 Å². The number of halogens is 5. The molecule has 234 valence electrons. The van der Waals surface area contributed by atoms with Crippen LogP contribution < -0.4 is 0 Å². The van der Waals surface area contributed by atoms with E-state index in [2.05, 4.69) is 0 Å². The molecule has 3 aliphatic rings. The van der Waals surface area contributed by atoms with E-state index in [9.17, 15) is 25.6 Å². The van der Waals surface area contributed by atoms with Crippen LogP contribution in [0, 0.1) is 0 Å². The third kappa shape index (κ3) is 5.70. The summed E-state index contributed by atoms with van der Waals surface area (Å²) in [5, 5.41) is -11.9. The highest BCUT2D eigenvalue weighted by molar-refractivity contribution is 7.92. The SMILES string of the molecule is CCC(F)(C(F)(F)S(=O)(=O)O)C(F)(F)S(=O)(=O)c1c(C2CCCCC2)cc(C2CCCCC2)cc1C1CCCCC1. The molecule has 0 radical (unpaired) electrons. The molecule has 12 heteroatoms. The maximum Gasteiger partial charge on any atom is 0.409 e. The topological polar surface area (TPSA) is 88.5 Å². The molecule has 0 heterocycles. The molecule has 1 aromatic rings. The highest BCUT2D eigenvalue weighted by atomic mass is 32.2. The first-order chi connectivity index (χ1) is 19.1. The predicted molar refractivity (Wildman–Crippen MR) is 147 cm³/mol. The monoisotopic (exact) mass is 628 g/mol. The molecule has 0 saturated heterocycles. The lowest BCUT2D eigenvalue weighted by atomic mass is 9.76. The van der Waals surface area contributed by atoms with E-state index in [-0.39, 0.29) is 17.0 Å². The van der Waals surface area contributed by atoms with Crippen molar-refractivity contribution < 1.29 is 43.3 Å². The van der Waals surface area contributed by atoms with Gasteiger partial charge in [0.15, 0.2) is 0 Å². The first-order valence-corrected chi connectivity index (χ1v) is 17.9. The van der Waals surface area contributed by atoms with E-state index < -0.39 is 59.3 Å². The zero-order valence-electron chi connectivity index (χ0n) is 23.5. The minimum absolute atomic E-state index is 0.102. The first kappa shape index (κ1) is 32.6. The van der Waals surface area contributed by atoms with Crippen molar-refractivity contribution in [3.63, 3.8) is 0 Å². The Balaban J connectivity index is 2.01. The number of hydrogen-bond donors (Lipinski definition) is 1. The van der Waals surface area contributed by atoms with Gasteiger partial charge in [-0.1, -0.05) is 76.8 Å². The molecule has 0 amide bonds. The zero-order chi connectivity index (χ0) is 30.3. The van der Waals surface area contributed by atoms with Crippen LogP contribution in [-0.2, 0) is 20.0 Å². The third-order valence-electron chi connectivity index (χ3n) is 9.68. The summed E-state index contributed by atoms with van der Waals surface area (Å²) in [7, 11) is -13.0. The van der Waals surface area contributed by atoms with E-state index in [0.29, 0.717) is 32.6 Å². The molecule has 5 nitrogen and oxygen atoms in total. The molecule has 1 unspecified atom stereocenters. The summed E-state index contributed by atoms with van der Waals surface area (Å²) in [6, 6.07) is 3.27. The molecule has 4 rings (SSSR count). The minimum Gasteiger partial charge on any atom is -0.281 e. The fourth-order valence-electron chi connectivity index (χ4n) is 7.24. The van der Waals surface area contributed by atoms with Crippen LogP contribution in [0.15, 0.2) is 17.0 Å². The van der Waals surface area contributed by atoms with Crippen LogP contribution in [0.3, 0.4) is 0 Å². The van der Waals surface area contributed by atoms with E-state index in [4.69, 9.17) is 4.55 Å². The van der Waals surface area contributed by atoms with Crippen LogP contribution in [0.5, 0.6) is 0 Å². The number of benzene rings is 1. The van der Waals surface area contributed by atoms with Gasteiger partial charge in [0.25, 0.3) is 5.67 Å². The fourth-order valence-corrected chi connectivity index (χ4v) is 10.0. The molecular weight excluding hydrogens is 587 g/mol. The summed E-state index contributed by atoms with van der Waals surface area (Å²) in [5.41, 5.74) is -4.34. The van der Waals surface area contributed by atoms with Crippen LogP contribution in [0.2, 0.25) is 0 Å². The Labute approximate surface area is 240 Å². The zero-order valence-corrected chi connectivity index (χ0v) is 25.1. The van der Waals surface area contributed by atoms with Gasteiger partial charge in [0.2, 0.25) is 9.84 Å².